The molecule has 0 radical (unpaired) electrons. The van der Waals surface area contributed by atoms with Gasteiger partial charge in [-0.1, -0.05) is 22.9 Å². The molecule has 0 saturated heterocycles. The van der Waals surface area contributed by atoms with Crippen LogP contribution < -0.4 is 4.40 Å². The molecule has 4 heteroatoms. The number of imidazole rings is 1. The Morgan fingerprint density at radius 3 is 2.69 bits per heavy atom. The van der Waals surface area contributed by atoms with Crippen molar-refractivity contribution in [3.8, 4) is 11.3 Å². The Hall–Kier alpha value is -1.32. The quantitative estimate of drug-likeness (QED) is 0.638. The first kappa shape index (κ1) is 9.87. The first-order valence-electron chi connectivity index (χ1n) is 4.98. The van der Waals surface area contributed by atoms with Crippen molar-refractivity contribution in [3.63, 3.8) is 0 Å². The highest BCUT2D eigenvalue weighted by molar-refractivity contribution is 7.14. The van der Waals surface area contributed by atoms with E-state index >= 15 is 0 Å². The molecule has 0 atom stereocenters. The monoisotopic (exact) mass is 249 g/mol. The Labute approximate surface area is 102 Å². The van der Waals surface area contributed by atoms with Crippen LogP contribution >= 0.6 is 22.9 Å². The van der Waals surface area contributed by atoms with Gasteiger partial charge in [-0.3, -0.25) is 0 Å². The number of hydrogen-bond acceptors (Lipinski definition) is 1. The van der Waals surface area contributed by atoms with Crippen LogP contribution in [-0.4, -0.2) is 4.98 Å². The van der Waals surface area contributed by atoms with Gasteiger partial charge in [0, 0.05) is 16.0 Å². The van der Waals surface area contributed by atoms with Gasteiger partial charge in [0.2, 0.25) is 0 Å². The van der Waals surface area contributed by atoms with Crippen LogP contribution in [0.3, 0.4) is 0 Å². The lowest BCUT2D eigenvalue weighted by atomic mass is 10.2. The molecule has 3 aromatic rings. The van der Waals surface area contributed by atoms with Crippen LogP contribution in [0, 0.1) is 6.92 Å². The first-order chi connectivity index (χ1) is 7.74. The van der Waals surface area contributed by atoms with Crippen molar-refractivity contribution < 1.29 is 4.40 Å². The fraction of sp³-hybridized carbons (Fsp3) is 0.0833. The summed E-state index contributed by atoms with van der Waals surface area (Å²) in [6.07, 6.45) is 2.12. The van der Waals surface area contributed by atoms with E-state index in [1.165, 1.54) is 5.69 Å². The van der Waals surface area contributed by atoms with Crippen molar-refractivity contribution in [3.05, 3.63) is 46.6 Å². The second kappa shape index (κ2) is 3.61. The SMILES string of the molecule is Cc1csc2[nH]c(-c3ccc(Cl)cc3)c[n+]12. The maximum Gasteiger partial charge on any atom is 0.344 e. The molecular weight excluding hydrogens is 240 g/mol. The average molecular weight is 250 g/mol. The van der Waals surface area contributed by atoms with E-state index < -0.39 is 0 Å². The Morgan fingerprint density at radius 2 is 2.00 bits per heavy atom. The zero-order chi connectivity index (χ0) is 11.1. The second-order valence-electron chi connectivity index (χ2n) is 3.73. The molecule has 0 aliphatic rings. The van der Waals surface area contributed by atoms with Gasteiger partial charge in [0.1, 0.15) is 11.9 Å². The maximum atomic E-state index is 5.87. The van der Waals surface area contributed by atoms with Crippen LogP contribution in [0.4, 0.5) is 0 Å². The number of aromatic amines is 1. The number of nitrogens with one attached hydrogen (secondary N) is 1. The summed E-state index contributed by atoms with van der Waals surface area (Å²) < 4.78 is 2.16. The van der Waals surface area contributed by atoms with Crippen LogP contribution in [0.2, 0.25) is 5.02 Å². The third-order valence-electron chi connectivity index (χ3n) is 2.59. The summed E-state index contributed by atoms with van der Waals surface area (Å²) in [4.78, 5) is 4.55. The lowest BCUT2D eigenvalue weighted by molar-refractivity contribution is -0.512. The van der Waals surface area contributed by atoms with Crippen molar-refractivity contribution in [2.24, 2.45) is 0 Å². The number of rotatable bonds is 1. The number of fused-ring (bicyclic) bond motifs is 1. The zero-order valence-corrected chi connectivity index (χ0v) is 10.3. The van der Waals surface area contributed by atoms with E-state index in [1.807, 2.05) is 24.3 Å². The topological polar surface area (TPSA) is 19.9 Å². The summed E-state index contributed by atoms with van der Waals surface area (Å²) in [5.74, 6) is 0. The van der Waals surface area contributed by atoms with E-state index in [0.29, 0.717) is 0 Å². The van der Waals surface area contributed by atoms with Crippen LogP contribution in [-0.2, 0) is 0 Å². The molecule has 0 aliphatic carbocycles. The third-order valence-corrected chi connectivity index (χ3v) is 3.83. The fourth-order valence-corrected chi connectivity index (χ4v) is 2.72. The van der Waals surface area contributed by atoms with Crippen LogP contribution in [0.1, 0.15) is 5.69 Å². The van der Waals surface area contributed by atoms with Crippen LogP contribution in [0.25, 0.3) is 16.2 Å². The van der Waals surface area contributed by atoms with E-state index in [4.69, 9.17) is 11.6 Å². The van der Waals surface area contributed by atoms with Crippen LogP contribution in [0.15, 0.2) is 35.8 Å². The van der Waals surface area contributed by atoms with Crippen molar-refractivity contribution >= 4 is 27.9 Å². The highest BCUT2D eigenvalue weighted by Gasteiger charge is 2.13. The number of aryl methyl sites for hydroxylation is 1. The molecule has 0 aliphatic heterocycles. The standard InChI is InChI=1S/C12H9ClN2S/c1-8-7-16-12-14-11(6-15(8)12)9-2-4-10(13)5-3-9/h2-7H,1H3/p+1. The molecular formula is C12H10ClN2S+. The van der Waals surface area contributed by atoms with E-state index in [9.17, 15) is 0 Å². The number of nitrogens with zero attached hydrogens (tertiary/aromatic N) is 1. The van der Waals surface area contributed by atoms with Gasteiger partial charge in [0.25, 0.3) is 0 Å². The Kier molecular flexibility index (Phi) is 2.23. The highest BCUT2D eigenvalue weighted by Crippen LogP contribution is 2.20. The average Bonchev–Trinajstić information content (AvgIpc) is 2.83. The van der Waals surface area contributed by atoms with Gasteiger partial charge in [-0.05, 0) is 31.2 Å². The third kappa shape index (κ3) is 1.52. The maximum absolute atomic E-state index is 5.87. The second-order valence-corrected chi connectivity index (χ2v) is 5.02. The minimum Gasteiger partial charge on any atom is -0.227 e. The van der Waals surface area contributed by atoms with Gasteiger partial charge in [0.05, 0.1) is 0 Å². The number of halogens is 1. The fourth-order valence-electron chi connectivity index (χ4n) is 1.72. The molecule has 0 spiro atoms. The molecule has 1 N–H and O–H groups in total. The van der Waals surface area contributed by atoms with Crippen molar-refractivity contribution in [1.29, 1.82) is 0 Å². The molecule has 2 aromatic heterocycles. The molecule has 0 bridgehead atoms. The van der Waals surface area contributed by atoms with Gasteiger partial charge in [0.15, 0.2) is 5.69 Å². The van der Waals surface area contributed by atoms with Gasteiger partial charge < -0.3 is 0 Å². The van der Waals surface area contributed by atoms with Gasteiger partial charge >= 0.3 is 4.96 Å². The molecule has 3 rings (SSSR count). The number of H-pyrrole nitrogens is 1. The summed E-state index contributed by atoms with van der Waals surface area (Å²) in [6.45, 7) is 2.10. The van der Waals surface area contributed by atoms with Gasteiger partial charge in [-0.2, -0.15) is 4.40 Å². The van der Waals surface area contributed by atoms with Gasteiger partial charge in [-0.25, -0.2) is 4.98 Å². The minimum absolute atomic E-state index is 0.765. The summed E-state index contributed by atoms with van der Waals surface area (Å²) >= 11 is 7.58. The molecule has 0 unspecified atom stereocenters. The predicted molar refractivity (Wildman–Crippen MR) is 67.0 cm³/mol. The lowest BCUT2D eigenvalue weighted by Crippen LogP contribution is -2.17. The highest BCUT2D eigenvalue weighted by atomic mass is 35.5. The van der Waals surface area contributed by atoms with E-state index in [2.05, 4.69) is 27.9 Å². The smallest absolute Gasteiger partial charge is 0.227 e. The number of thiazole rings is 1. The van der Waals surface area contributed by atoms with E-state index in [0.717, 1.165) is 21.2 Å². The molecule has 80 valence electrons. The molecule has 1 aromatic carbocycles. The molecule has 0 amide bonds. The summed E-state index contributed by atoms with van der Waals surface area (Å²) in [5.41, 5.74) is 3.52. The van der Waals surface area contributed by atoms with Crippen LogP contribution in [0.5, 0.6) is 0 Å². The van der Waals surface area contributed by atoms with E-state index in [1.54, 1.807) is 11.3 Å². The molecule has 16 heavy (non-hydrogen) atoms. The largest absolute Gasteiger partial charge is 0.344 e. The molecule has 0 fully saturated rings. The van der Waals surface area contributed by atoms with Crippen molar-refractivity contribution in [1.82, 2.24) is 4.98 Å². The molecule has 2 nitrogen and oxygen atoms in total. The molecule has 0 saturated carbocycles. The van der Waals surface area contributed by atoms with Gasteiger partial charge in [-0.15, -0.1) is 0 Å². The Balaban J connectivity index is 2.15. The van der Waals surface area contributed by atoms with Crippen molar-refractivity contribution in [2.75, 3.05) is 0 Å². The first-order valence-corrected chi connectivity index (χ1v) is 6.24. The van der Waals surface area contributed by atoms with E-state index in [-0.39, 0.29) is 0 Å². The number of hydrogen-bond donors (Lipinski definition) is 1. The predicted octanol–water partition coefficient (Wildman–Crippen LogP) is 3.44. The minimum atomic E-state index is 0.765. The lowest BCUT2D eigenvalue weighted by Gasteiger charge is -1.92. The normalized spacial score (nSPS) is 11.1. The number of benzene rings is 1. The summed E-state index contributed by atoms with van der Waals surface area (Å²) in [6, 6.07) is 7.86. The summed E-state index contributed by atoms with van der Waals surface area (Å²) in [7, 11) is 0. The Morgan fingerprint density at radius 1 is 1.25 bits per heavy atom. The summed E-state index contributed by atoms with van der Waals surface area (Å²) in [5, 5.41) is 2.90. The number of aromatic nitrogens is 2. The van der Waals surface area contributed by atoms with Crippen molar-refractivity contribution in [2.45, 2.75) is 6.92 Å². The zero-order valence-electron chi connectivity index (χ0n) is 8.70. The molecule has 2 heterocycles. The Bertz CT molecular complexity index is 637.